The van der Waals surface area contributed by atoms with E-state index >= 15 is 0 Å². The van der Waals surface area contributed by atoms with Crippen LogP contribution in [-0.2, 0) is 0 Å². The molecule has 0 aliphatic heterocycles. The largest absolute Gasteiger partial charge is 0.321 e. The molecule has 0 spiro atoms. The third kappa shape index (κ3) is 1.89. The second-order valence-electron chi connectivity index (χ2n) is 5.31. The summed E-state index contributed by atoms with van der Waals surface area (Å²) < 4.78 is 0. The first-order valence-electron chi connectivity index (χ1n) is 7.08. The summed E-state index contributed by atoms with van der Waals surface area (Å²) in [4.78, 5) is 15.2. The van der Waals surface area contributed by atoms with E-state index in [9.17, 15) is 4.79 Å². The van der Waals surface area contributed by atoms with Crippen LogP contribution in [0.15, 0.2) is 59.4 Å². The molecular weight excluding hydrogens is 274 g/mol. The number of hydrogen-bond donors (Lipinski definition) is 1. The summed E-state index contributed by atoms with van der Waals surface area (Å²) in [6, 6.07) is 17.4. The number of hydrogen-bond acceptors (Lipinski definition) is 3. The Labute approximate surface area is 126 Å². The van der Waals surface area contributed by atoms with Gasteiger partial charge in [0.05, 0.1) is 16.6 Å². The molecule has 106 valence electrons. The molecule has 2 aromatic heterocycles. The minimum absolute atomic E-state index is 0.140. The van der Waals surface area contributed by atoms with Crippen molar-refractivity contribution in [3.63, 3.8) is 0 Å². The van der Waals surface area contributed by atoms with Crippen LogP contribution in [0.4, 0.5) is 0 Å². The fourth-order valence-corrected chi connectivity index (χ4v) is 2.74. The highest BCUT2D eigenvalue weighted by atomic mass is 16.1. The first-order valence-corrected chi connectivity index (χ1v) is 7.08. The van der Waals surface area contributed by atoms with Crippen molar-refractivity contribution in [1.29, 1.82) is 0 Å². The van der Waals surface area contributed by atoms with Gasteiger partial charge in [-0.25, -0.2) is 0 Å². The molecule has 2 aromatic carbocycles. The quantitative estimate of drug-likeness (QED) is 0.545. The van der Waals surface area contributed by atoms with Crippen LogP contribution in [0.25, 0.3) is 33.1 Å². The summed E-state index contributed by atoms with van der Waals surface area (Å²) in [5.74, 6) is 0. The molecule has 0 amide bonds. The van der Waals surface area contributed by atoms with Gasteiger partial charge in [0, 0.05) is 10.9 Å². The van der Waals surface area contributed by atoms with Crippen molar-refractivity contribution >= 4 is 21.8 Å². The van der Waals surface area contributed by atoms with Gasteiger partial charge in [0.15, 0.2) is 0 Å². The highest BCUT2D eigenvalue weighted by molar-refractivity contribution is 6.03. The van der Waals surface area contributed by atoms with E-state index in [2.05, 4.69) is 15.2 Å². The predicted octanol–water partition coefficient (Wildman–Crippen LogP) is 3.45. The van der Waals surface area contributed by atoms with Crippen LogP contribution < -0.4 is 5.56 Å². The maximum Gasteiger partial charge on any atom is 0.258 e. The number of para-hydroxylation sites is 1. The first kappa shape index (κ1) is 12.7. The van der Waals surface area contributed by atoms with Gasteiger partial charge in [-0.15, -0.1) is 10.2 Å². The normalized spacial score (nSPS) is 11.1. The molecule has 0 aliphatic rings. The Morgan fingerprint density at radius 3 is 2.55 bits per heavy atom. The van der Waals surface area contributed by atoms with E-state index in [-0.39, 0.29) is 5.56 Å². The molecule has 22 heavy (non-hydrogen) atoms. The van der Waals surface area contributed by atoms with Crippen LogP contribution in [0.2, 0.25) is 0 Å². The molecule has 0 unspecified atom stereocenters. The van der Waals surface area contributed by atoms with Gasteiger partial charge in [-0.2, -0.15) is 0 Å². The summed E-state index contributed by atoms with van der Waals surface area (Å²) in [7, 11) is 0. The maximum absolute atomic E-state index is 12.3. The van der Waals surface area contributed by atoms with Crippen molar-refractivity contribution in [1.82, 2.24) is 15.2 Å². The third-order valence-electron chi connectivity index (χ3n) is 3.89. The van der Waals surface area contributed by atoms with Gasteiger partial charge >= 0.3 is 0 Å². The van der Waals surface area contributed by atoms with Crippen molar-refractivity contribution in [2.75, 3.05) is 0 Å². The maximum atomic E-state index is 12.3. The minimum Gasteiger partial charge on any atom is -0.321 e. The van der Waals surface area contributed by atoms with Crippen LogP contribution in [0.1, 0.15) is 5.56 Å². The first-order chi connectivity index (χ1) is 10.7. The van der Waals surface area contributed by atoms with E-state index in [0.29, 0.717) is 16.6 Å². The van der Waals surface area contributed by atoms with Crippen LogP contribution >= 0.6 is 0 Å². The highest BCUT2D eigenvalue weighted by Gasteiger charge is 2.10. The zero-order valence-corrected chi connectivity index (χ0v) is 12.0. The monoisotopic (exact) mass is 287 g/mol. The molecule has 0 saturated carbocycles. The second-order valence-corrected chi connectivity index (χ2v) is 5.31. The van der Waals surface area contributed by atoms with Gasteiger partial charge in [-0.05, 0) is 24.6 Å². The number of aromatic amines is 1. The summed E-state index contributed by atoms with van der Waals surface area (Å²) >= 11 is 0. The number of nitrogens with one attached hydrogen (secondary N) is 1. The molecular formula is C18H13N3O. The van der Waals surface area contributed by atoms with Crippen LogP contribution in [-0.4, -0.2) is 15.2 Å². The summed E-state index contributed by atoms with van der Waals surface area (Å²) in [5, 5.41) is 10.1. The second kappa shape index (κ2) is 4.77. The minimum atomic E-state index is -0.140. The van der Waals surface area contributed by atoms with Gasteiger partial charge in [0.2, 0.25) is 0 Å². The van der Waals surface area contributed by atoms with E-state index < -0.39 is 0 Å². The Morgan fingerprint density at radius 1 is 0.909 bits per heavy atom. The molecule has 0 radical (unpaired) electrons. The van der Waals surface area contributed by atoms with E-state index in [0.717, 1.165) is 22.0 Å². The van der Waals surface area contributed by atoms with Crippen molar-refractivity contribution < 1.29 is 0 Å². The topological polar surface area (TPSA) is 58.6 Å². The number of fused-ring (bicyclic) bond motifs is 3. The Balaban J connectivity index is 2.07. The molecule has 0 bridgehead atoms. The molecule has 0 saturated heterocycles. The highest BCUT2D eigenvalue weighted by Crippen LogP contribution is 2.24. The zero-order valence-electron chi connectivity index (χ0n) is 12.0. The van der Waals surface area contributed by atoms with E-state index in [1.807, 2.05) is 61.5 Å². The van der Waals surface area contributed by atoms with Gasteiger partial charge in [0.25, 0.3) is 5.56 Å². The van der Waals surface area contributed by atoms with Crippen molar-refractivity contribution in [3.05, 3.63) is 70.5 Å². The molecule has 4 aromatic rings. The molecule has 0 fully saturated rings. The van der Waals surface area contributed by atoms with Gasteiger partial charge in [0.1, 0.15) is 5.52 Å². The number of aromatic nitrogens is 3. The van der Waals surface area contributed by atoms with Crippen molar-refractivity contribution in [2.24, 2.45) is 0 Å². The van der Waals surface area contributed by atoms with Crippen LogP contribution in [0, 0.1) is 6.92 Å². The third-order valence-corrected chi connectivity index (χ3v) is 3.89. The summed E-state index contributed by atoms with van der Waals surface area (Å²) in [6.07, 6.45) is 0. The van der Waals surface area contributed by atoms with Crippen LogP contribution in [0.3, 0.4) is 0 Å². The van der Waals surface area contributed by atoms with E-state index in [4.69, 9.17) is 0 Å². The number of pyridine rings is 1. The summed E-state index contributed by atoms with van der Waals surface area (Å²) in [5.41, 5.74) is 4.08. The van der Waals surface area contributed by atoms with E-state index in [1.54, 1.807) is 0 Å². The molecule has 1 N–H and O–H groups in total. The van der Waals surface area contributed by atoms with Gasteiger partial charge in [-0.1, -0.05) is 42.5 Å². The van der Waals surface area contributed by atoms with Gasteiger partial charge < -0.3 is 4.98 Å². The molecule has 4 heteroatoms. The molecule has 2 heterocycles. The lowest BCUT2D eigenvalue weighted by molar-refractivity contribution is 1.08. The Hall–Kier alpha value is -3.01. The van der Waals surface area contributed by atoms with Crippen molar-refractivity contribution in [3.8, 4) is 11.3 Å². The SMILES string of the molecule is Cc1ccccc1-c1cc2c(=O)[nH]c3ccccc3c2nn1. The lowest BCUT2D eigenvalue weighted by Gasteiger charge is -2.06. The van der Waals surface area contributed by atoms with Crippen LogP contribution in [0.5, 0.6) is 0 Å². The number of aryl methyl sites for hydroxylation is 1. The molecule has 4 rings (SSSR count). The standard InChI is InChI=1S/C18H13N3O/c1-11-6-2-3-7-12(11)16-10-14-17(21-20-16)13-8-4-5-9-15(13)19-18(14)22/h2-10H,1H3,(H,19,22). The molecule has 0 aliphatic carbocycles. The average molecular weight is 287 g/mol. The van der Waals surface area contributed by atoms with Crippen molar-refractivity contribution in [2.45, 2.75) is 6.92 Å². The molecule has 4 nitrogen and oxygen atoms in total. The predicted molar refractivity (Wildman–Crippen MR) is 87.8 cm³/mol. The fraction of sp³-hybridized carbons (Fsp3) is 0.0556. The fourth-order valence-electron chi connectivity index (χ4n) is 2.74. The lowest BCUT2D eigenvalue weighted by Crippen LogP contribution is -2.08. The number of rotatable bonds is 1. The smallest absolute Gasteiger partial charge is 0.258 e. The average Bonchev–Trinajstić information content (AvgIpc) is 2.55. The number of nitrogens with zero attached hydrogens (tertiary/aromatic N) is 2. The Bertz CT molecular complexity index is 1070. The van der Waals surface area contributed by atoms with E-state index in [1.165, 1.54) is 0 Å². The summed E-state index contributed by atoms with van der Waals surface area (Å²) in [6.45, 7) is 2.02. The number of H-pyrrole nitrogens is 1. The lowest BCUT2D eigenvalue weighted by atomic mass is 10.0. The molecule has 0 atom stereocenters. The Kier molecular flexibility index (Phi) is 2.76. The Morgan fingerprint density at radius 2 is 1.68 bits per heavy atom. The number of benzene rings is 2. The van der Waals surface area contributed by atoms with Gasteiger partial charge in [-0.3, -0.25) is 4.79 Å². The zero-order chi connectivity index (χ0) is 15.1.